The first-order valence-corrected chi connectivity index (χ1v) is 5.19. The smallest absolute Gasteiger partial charge is 0.423 e. The second-order valence-electron chi connectivity index (χ2n) is 3.76. The predicted octanol–water partition coefficient (Wildman–Crippen LogP) is 0.358. The van der Waals surface area contributed by atoms with Crippen LogP contribution in [0.15, 0.2) is 30.3 Å². The fourth-order valence-corrected chi connectivity index (χ4v) is 0.959. The first-order valence-electron chi connectivity index (χ1n) is 5.19. The molecule has 0 heterocycles. The Balaban J connectivity index is 0.000000288. The monoisotopic (exact) mass is 209 g/mol. The largest absolute Gasteiger partial charge is 0.488 e. The summed E-state index contributed by atoms with van der Waals surface area (Å²) in [6.07, 6.45) is 1.15. The van der Waals surface area contributed by atoms with Gasteiger partial charge in [-0.25, -0.2) is 0 Å². The highest BCUT2D eigenvalue weighted by atomic mass is 16.4. The van der Waals surface area contributed by atoms with Crippen LogP contribution in [-0.2, 0) is 0 Å². The summed E-state index contributed by atoms with van der Waals surface area (Å²) in [5.41, 5.74) is 5.75. The quantitative estimate of drug-likeness (QED) is 0.629. The van der Waals surface area contributed by atoms with Gasteiger partial charge in [0.2, 0.25) is 0 Å². The van der Waals surface area contributed by atoms with E-state index < -0.39 is 7.12 Å². The van der Waals surface area contributed by atoms with E-state index in [1.807, 2.05) is 6.07 Å². The normalized spacial score (nSPS) is 9.47. The molecule has 0 aliphatic heterocycles. The van der Waals surface area contributed by atoms with Gasteiger partial charge in [-0.3, -0.25) is 0 Å². The molecule has 0 saturated heterocycles. The van der Waals surface area contributed by atoms with Crippen molar-refractivity contribution in [2.75, 3.05) is 6.54 Å². The van der Waals surface area contributed by atoms with E-state index in [0.717, 1.165) is 18.9 Å². The number of nitrogens with two attached hydrogens (primary N) is 1. The van der Waals surface area contributed by atoms with E-state index in [-0.39, 0.29) is 0 Å². The average Bonchev–Trinajstić information content (AvgIpc) is 2.20. The molecule has 0 fully saturated rings. The Bertz CT molecular complexity index is 240. The molecule has 0 spiro atoms. The van der Waals surface area contributed by atoms with Crippen molar-refractivity contribution in [2.24, 2.45) is 11.7 Å². The Hall–Kier alpha value is -0.835. The summed E-state index contributed by atoms with van der Waals surface area (Å²) in [4.78, 5) is 0. The summed E-state index contributed by atoms with van der Waals surface area (Å²) in [6, 6.07) is 8.66. The highest BCUT2D eigenvalue weighted by molar-refractivity contribution is 6.58. The molecule has 0 amide bonds. The van der Waals surface area contributed by atoms with Gasteiger partial charge in [-0.2, -0.15) is 0 Å². The summed E-state index contributed by atoms with van der Waals surface area (Å²) >= 11 is 0. The molecule has 1 rings (SSSR count). The maximum atomic E-state index is 8.58. The molecule has 4 heteroatoms. The molecule has 3 nitrogen and oxygen atoms in total. The third kappa shape index (κ3) is 8.18. The van der Waals surface area contributed by atoms with Gasteiger partial charge < -0.3 is 15.8 Å². The fourth-order valence-electron chi connectivity index (χ4n) is 0.959. The molecular weight excluding hydrogens is 189 g/mol. The zero-order valence-corrected chi connectivity index (χ0v) is 9.43. The molecule has 0 aliphatic rings. The summed E-state index contributed by atoms with van der Waals surface area (Å²) in [5, 5.41) is 17.2. The van der Waals surface area contributed by atoms with Gasteiger partial charge in [-0.05, 0) is 24.3 Å². The summed E-state index contributed by atoms with van der Waals surface area (Å²) in [5.74, 6) is 0.773. The van der Waals surface area contributed by atoms with Gasteiger partial charge in [0, 0.05) is 0 Å². The van der Waals surface area contributed by atoms with E-state index in [9.17, 15) is 0 Å². The predicted molar refractivity (Wildman–Crippen MR) is 64.8 cm³/mol. The Morgan fingerprint density at radius 1 is 1.20 bits per heavy atom. The number of benzene rings is 1. The Labute approximate surface area is 92.1 Å². The van der Waals surface area contributed by atoms with E-state index in [1.165, 1.54) is 0 Å². The minimum absolute atomic E-state index is 0.525. The van der Waals surface area contributed by atoms with E-state index in [0.29, 0.717) is 5.46 Å². The molecule has 1 aromatic carbocycles. The van der Waals surface area contributed by atoms with Crippen LogP contribution in [0.2, 0.25) is 0 Å². The van der Waals surface area contributed by atoms with E-state index in [4.69, 9.17) is 15.8 Å². The van der Waals surface area contributed by atoms with Crippen LogP contribution in [0.5, 0.6) is 0 Å². The molecule has 0 atom stereocenters. The number of hydrogen-bond acceptors (Lipinski definition) is 3. The van der Waals surface area contributed by atoms with E-state index in [1.54, 1.807) is 24.3 Å². The molecule has 1 aromatic rings. The van der Waals surface area contributed by atoms with Crippen molar-refractivity contribution >= 4 is 12.6 Å². The zero-order chi connectivity index (χ0) is 11.7. The average molecular weight is 209 g/mol. The molecule has 0 radical (unpaired) electrons. The van der Waals surface area contributed by atoms with Gasteiger partial charge in [-0.1, -0.05) is 44.2 Å². The van der Waals surface area contributed by atoms with Crippen LogP contribution in [0.3, 0.4) is 0 Å². The van der Waals surface area contributed by atoms with Crippen molar-refractivity contribution in [3.05, 3.63) is 30.3 Å². The van der Waals surface area contributed by atoms with Gasteiger partial charge in [0.05, 0.1) is 0 Å². The lowest BCUT2D eigenvalue weighted by molar-refractivity contribution is 0.426. The van der Waals surface area contributed by atoms with Gasteiger partial charge in [0.1, 0.15) is 0 Å². The maximum absolute atomic E-state index is 8.58. The van der Waals surface area contributed by atoms with E-state index >= 15 is 0 Å². The zero-order valence-electron chi connectivity index (χ0n) is 9.43. The molecule has 0 bridgehead atoms. The molecule has 0 aliphatic carbocycles. The standard InChI is InChI=1S/C6H7BO2.C5H13N/c8-7(9)6-4-2-1-3-5-6;1-5(2)3-4-6/h1-5,8-9H;5H,3-4,6H2,1-2H3. The Morgan fingerprint density at radius 2 is 1.73 bits per heavy atom. The highest BCUT2D eigenvalue weighted by Gasteiger charge is 2.07. The lowest BCUT2D eigenvalue weighted by Gasteiger charge is -1.96. The van der Waals surface area contributed by atoms with Gasteiger partial charge in [-0.15, -0.1) is 0 Å². The van der Waals surface area contributed by atoms with Crippen LogP contribution in [0, 0.1) is 5.92 Å². The minimum Gasteiger partial charge on any atom is -0.423 e. The van der Waals surface area contributed by atoms with Crippen molar-refractivity contribution in [3.8, 4) is 0 Å². The van der Waals surface area contributed by atoms with Gasteiger partial charge in [0.25, 0.3) is 0 Å². The molecule has 4 N–H and O–H groups in total. The highest BCUT2D eigenvalue weighted by Crippen LogP contribution is 1.93. The fraction of sp³-hybridized carbons (Fsp3) is 0.455. The van der Waals surface area contributed by atoms with E-state index in [2.05, 4.69) is 13.8 Å². The SMILES string of the molecule is CC(C)CCN.OB(O)c1ccccc1. The molecular formula is C11H20BNO2. The van der Waals surface area contributed by atoms with Crippen LogP contribution >= 0.6 is 0 Å². The van der Waals surface area contributed by atoms with Crippen LogP contribution in [0.4, 0.5) is 0 Å². The van der Waals surface area contributed by atoms with Gasteiger partial charge in [0.15, 0.2) is 0 Å². The van der Waals surface area contributed by atoms with Crippen LogP contribution in [0.1, 0.15) is 20.3 Å². The van der Waals surface area contributed by atoms with Crippen molar-refractivity contribution < 1.29 is 10.0 Å². The van der Waals surface area contributed by atoms with Crippen LogP contribution in [-0.4, -0.2) is 23.7 Å². The second-order valence-corrected chi connectivity index (χ2v) is 3.76. The molecule has 0 aromatic heterocycles. The number of hydrogen-bond donors (Lipinski definition) is 3. The van der Waals surface area contributed by atoms with Crippen molar-refractivity contribution in [2.45, 2.75) is 20.3 Å². The molecule has 0 saturated carbocycles. The Kier molecular flexibility index (Phi) is 8.00. The van der Waals surface area contributed by atoms with Crippen molar-refractivity contribution in [1.29, 1.82) is 0 Å². The summed E-state index contributed by atoms with van der Waals surface area (Å²) in [7, 11) is -1.34. The summed E-state index contributed by atoms with van der Waals surface area (Å²) < 4.78 is 0. The maximum Gasteiger partial charge on any atom is 0.488 e. The summed E-state index contributed by atoms with van der Waals surface area (Å²) in [6.45, 7) is 5.18. The van der Waals surface area contributed by atoms with Crippen LogP contribution in [0.25, 0.3) is 0 Å². The molecule has 84 valence electrons. The molecule has 15 heavy (non-hydrogen) atoms. The first kappa shape index (κ1) is 14.2. The topological polar surface area (TPSA) is 66.5 Å². The van der Waals surface area contributed by atoms with Crippen LogP contribution < -0.4 is 11.2 Å². The van der Waals surface area contributed by atoms with Crippen molar-refractivity contribution in [1.82, 2.24) is 0 Å². The first-order chi connectivity index (χ1) is 7.07. The minimum atomic E-state index is -1.34. The lowest BCUT2D eigenvalue weighted by atomic mass is 9.81. The number of rotatable bonds is 3. The third-order valence-corrected chi connectivity index (χ3v) is 1.84. The molecule has 0 unspecified atom stereocenters. The lowest BCUT2D eigenvalue weighted by Crippen LogP contribution is -2.29. The van der Waals surface area contributed by atoms with Crippen molar-refractivity contribution in [3.63, 3.8) is 0 Å². The second kappa shape index (κ2) is 8.47. The van der Waals surface area contributed by atoms with Gasteiger partial charge >= 0.3 is 7.12 Å². The third-order valence-electron chi connectivity index (χ3n) is 1.84. The Morgan fingerprint density at radius 3 is 1.93 bits per heavy atom.